The Bertz CT molecular complexity index is 1020. The van der Waals surface area contributed by atoms with Crippen LogP contribution in [0.3, 0.4) is 0 Å². The third kappa shape index (κ3) is 4.65. The first-order valence-electron chi connectivity index (χ1n) is 9.59. The van der Waals surface area contributed by atoms with Crippen LogP contribution in [-0.4, -0.2) is 37.1 Å². The lowest BCUT2D eigenvalue weighted by atomic mass is 10.1. The molecule has 0 bridgehead atoms. The molecule has 29 heavy (non-hydrogen) atoms. The molecule has 0 saturated carbocycles. The first-order chi connectivity index (χ1) is 13.8. The van der Waals surface area contributed by atoms with Crippen molar-refractivity contribution in [3.63, 3.8) is 0 Å². The molecule has 1 heterocycles. The zero-order valence-electron chi connectivity index (χ0n) is 16.5. The Labute approximate surface area is 171 Å². The van der Waals surface area contributed by atoms with Gasteiger partial charge in [0.2, 0.25) is 10.0 Å². The summed E-state index contributed by atoms with van der Waals surface area (Å²) in [5, 5.41) is 0. The number of sulfonamides is 1. The molecule has 1 atom stereocenters. The van der Waals surface area contributed by atoms with Crippen molar-refractivity contribution in [2.45, 2.75) is 44.0 Å². The molecule has 0 unspecified atom stereocenters. The zero-order chi connectivity index (χ0) is 21.0. The zero-order valence-corrected chi connectivity index (χ0v) is 17.3. The molecular formula is C21H25N3O4S. The van der Waals surface area contributed by atoms with Crippen molar-refractivity contribution in [1.82, 2.24) is 15.2 Å². The number of aryl methyl sites for hydroxylation is 1. The molecule has 8 heteroatoms. The van der Waals surface area contributed by atoms with Gasteiger partial charge < -0.3 is 0 Å². The van der Waals surface area contributed by atoms with Gasteiger partial charge in [0.05, 0.1) is 4.90 Å². The van der Waals surface area contributed by atoms with Gasteiger partial charge >= 0.3 is 0 Å². The van der Waals surface area contributed by atoms with Crippen LogP contribution in [0, 0.1) is 6.92 Å². The quantitative estimate of drug-likeness (QED) is 0.751. The summed E-state index contributed by atoms with van der Waals surface area (Å²) in [4.78, 5) is 24.8. The van der Waals surface area contributed by atoms with Gasteiger partial charge in [0.1, 0.15) is 0 Å². The molecule has 0 aliphatic carbocycles. The van der Waals surface area contributed by atoms with Crippen molar-refractivity contribution < 1.29 is 18.0 Å². The maximum atomic E-state index is 13.0. The van der Waals surface area contributed by atoms with E-state index in [-0.39, 0.29) is 16.5 Å². The van der Waals surface area contributed by atoms with Gasteiger partial charge in [0.25, 0.3) is 11.8 Å². The van der Waals surface area contributed by atoms with Crippen LogP contribution in [0.1, 0.15) is 52.5 Å². The van der Waals surface area contributed by atoms with Crippen molar-refractivity contribution in [3.05, 3.63) is 65.2 Å². The number of nitrogens with one attached hydrogen (secondary N) is 2. The minimum Gasteiger partial charge on any atom is -0.267 e. The van der Waals surface area contributed by atoms with Crippen molar-refractivity contribution in [2.24, 2.45) is 0 Å². The minimum absolute atomic E-state index is 0.0698. The fraction of sp³-hybridized carbons (Fsp3) is 0.333. The summed E-state index contributed by atoms with van der Waals surface area (Å²) in [7, 11) is -3.68. The number of carbonyl (C=O) groups excluding carboxylic acids is 2. The third-order valence-electron chi connectivity index (χ3n) is 5.12. The van der Waals surface area contributed by atoms with Gasteiger partial charge in [-0.05, 0) is 56.5 Å². The highest BCUT2D eigenvalue weighted by atomic mass is 32.2. The van der Waals surface area contributed by atoms with Crippen LogP contribution in [0.15, 0.2) is 53.4 Å². The number of amides is 2. The average Bonchev–Trinajstić information content (AvgIpc) is 2.72. The van der Waals surface area contributed by atoms with Crippen molar-refractivity contribution in [2.75, 3.05) is 6.54 Å². The van der Waals surface area contributed by atoms with Crippen LogP contribution in [-0.2, 0) is 10.0 Å². The first-order valence-corrected chi connectivity index (χ1v) is 11.0. The van der Waals surface area contributed by atoms with Crippen LogP contribution in [0.5, 0.6) is 0 Å². The normalized spacial score (nSPS) is 17.5. The molecule has 0 radical (unpaired) electrons. The van der Waals surface area contributed by atoms with Crippen molar-refractivity contribution in [1.29, 1.82) is 0 Å². The number of carbonyl (C=O) groups is 2. The van der Waals surface area contributed by atoms with Gasteiger partial charge in [0.15, 0.2) is 0 Å². The van der Waals surface area contributed by atoms with Crippen molar-refractivity contribution >= 4 is 21.8 Å². The number of hydrogen-bond acceptors (Lipinski definition) is 4. The molecule has 2 N–H and O–H groups in total. The Morgan fingerprint density at radius 1 is 1.00 bits per heavy atom. The van der Waals surface area contributed by atoms with Gasteiger partial charge in [-0.1, -0.05) is 30.7 Å². The summed E-state index contributed by atoms with van der Waals surface area (Å²) < 4.78 is 27.5. The number of hydrazine groups is 1. The van der Waals surface area contributed by atoms with E-state index in [0.717, 1.165) is 24.8 Å². The Morgan fingerprint density at radius 2 is 1.72 bits per heavy atom. The Hall–Kier alpha value is -2.71. The first kappa shape index (κ1) is 21.0. The summed E-state index contributed by atoms with van der Waals surface area (Å²) in [5.74, 6) is -1.03. The van der Waals surface area contributed by atoms with Crippen LogP contribution < -0.4 is 10.9 Å². The number of hydrogen-bond donors (Lipinski definition) is 2. The predicted molar refractivity (Wildman–Crippen MR) is 110 cm³/mol. The highest BCUT2D eigenvalue weighted by Crippen LogP contribution is 2.25. The Kier molecular flexibility index (Phi) is 6.34. The molecule has 3 rings (SSSR count). The maximum absolute atomic E-state index is 13.0. The average molecular weight is 416 g/mol. The summed E-state index contributed by atoms with van der Waals surface area (Å²) in [6.45, 7) is 4.17. The van der Waals surface area contributed by atoms with Gasteiger partial charge in [-0.3, -0.25) is 20.4 Å². The number of rotatable bonds is 4. The van der Waals surface area contributed by atoms with Gasteiger partial charge in [-0.25, -0.2) is 8.42 Å². The Balaban J connectivity index is 1.72. The monoisotopic (exact) mass is 415 g/mol. The van der Waals surface area contributed by atoms with Crippen LogP contribution >= 0.6 is 0 Å². The van der Waals surface area contributed by atoms with E-state index < -0.39 is 21.8 Å². The largest absolute Gasteiger partial charge is 0.269 e. The lowest BCUT2D eigenvalue weighted by Crippen LogP contribution is -2.42. The molecule has 7 nitrogen and oxygen atoms in total. The number of benzene rings is 2. The summed E-state index contributed by atoms with van der Waals surface area (Å²) in [5.41, 5.74) is 6.09. The fourth-order valence-electron chi connectivity index (χ4n) is 3.44. The van der Waals surface area contributed by atoms with Gasteiger partial charge in [-0.2, -0.15) is 4.31 Å². The van der Waals surface area contributed by atoms with E-state index in [1.165, 1.54) is 28.6 Å². The molecule has 1 fully saturated rings. The maximum Gasteiger partial charge on any atom is 0.269 e. The topological polar surface area (TPSA) is 95.6 Å². The SMILES string of the molecule is Cc1ccccc1C(=O)NNC(=O)c1cccc(S(=O)(=O)N2CCCC[C@H]2C)c1. The molecule has 0 spiro atoms. The molecule has 2 aromatic rings. The third-order valence-corrected chi connectivity index (χ3v) is 7.13. The fourth-order valence-corrected chi connectivity index (χ4v) is 5.19. The van der Waals surface area contributed by atoms with Crippen LogP contribution in [0.25, 0.3) is 0 Å². The molecule has 1 aliphatic rings. The van der Waals surface area contributed by atoms with Crippen LogP contribution in [0.4, 0.5) is 0 Å². The van der Waals surface area contributed by atoms with E-state index in [4.69, 9.17) is 0 Å². The van der Waals surface area contributed by atoms with E-state index in [1.807, 2.05) is 13.0 Å². The summed E-state index contributed by atoms with van der Waals surface area (Å²) in [6, 6.07) is 12.8. The smallest absolute Gasteiger partial charge is 0.267 e. The predicted octanol–water partition coefficient (Wildman–Crippen LogP) is 2.63. The van der Waals surface area contributed by atoms with E-state index in [9.17, 15) is 18.0 Å². The van der Waals surface area contributed by atoms with Gasteiger partial charge in [-0.15, -0.1) is 0 Å². The van der Waals surface area contributed by atoms with E-state index in [2.05, 4.69) is 10.9 Å². The minimum atomic E-state index is -3.68. The highest BCUT2D eigenvalue weighted by molar-refractivity contribution is 7.89. The van der Waals surface area contributed by atoms with E-state index >= 15 is 0 Å². The van der Waals surface area contributed by atoms with Gasteiger partial charge in [0, 0.05) is 23.7 Å². The molecule has 2 aromatic carbocycles. The highest BCUT2D eigenvalue weighted by Gasteiger charge is 2.31. The second kappa shape index (κ2) is 8.75. The molecule has 154 valence electrons. The molecule has 1 saturated heterocycles. The summed E-state index contributed by atoms with van der Waals surface area (Å²) >= 11 is 0. The van der Waals surface area contributed by atoms with Crippen molar-refractivity contribution in [3.8, 4) is 0 Å². The Morgan fingerprint density at radius 3 is 2.45 bits per heavy atom. The molecule has 1 aliphatic heterocycles. The number of nitrogens with zero attached hydrogens (tertiary/aromatic N) is 1. The molecular weight excluding hydrogens is 390 g/mol. The van der Waals surface area contributed by atoms with Crippen LogP contribution in [0.2, 0.25) is 0 Å². The second-order valence-corrected chi connectivity index (χ2v) is 9.10. The number of piperidine rings is 1. The second-order valence-electron chi connectivity index (χ2n) is 7.21. The standard InChI is InChI=1S/C21H25N3O4S/c1-15-8-3-4-12-19(15)21(26)23-22-20(25)17-10-7-11-18(14-17)29(27,28)24-13-6-5-9-16(24)2/h3-4,7-8,10-12,14,16H,5-6,9,13H2,1-2H3,(H,22,25)(H,23,26)/t16-/m1/s1. The van der Waals surface area contributed by atoms with E-state index in [1.54, 1.807) is 25.1 Å². The lowest BCUT2D eigenvalue weighted by Gasteiger charge is -2.32. The molecule has 0 aromatic heterocycles. The lowest BCUT2D eigenvalue weighted by molar-refractivity contribution is 0.0846. The molecule has 2 amide bonds. The summed E-state index contributed by atoms with van der Waals surface area (Å²) in [6.07, 6.45) is 2.66. The van der Waals surface area contributed by atoms with E-state index in [0.29, 0.717) is 12.1 Å².